The van der Waals surface area contributed by atoms with Gasteiger partial charge in [-0.15, -0.1) is 0 Å². The van der Waals surface area contributed by atoms with Crippen LogP contribution in [0.2, 0.25) is 10.0 Å². The Labute approximate surface area is 160 Å². The van der Waals surface area contributed by atoms with E-state index in [9.17, 15) is 14.9 Å². The molecule has 0 bridgehead atoms. The number of carbonyl (C=O) groups excluding carboxylic acids is 1. The monoisotopic (exact) mass is 398 g/mol. The zero-order chi connectivity index (χ0) is 19.3. The maximum absolute atomic E-state index is 12.2. The summed E-state index contributed by atoms with van der Waals surface area (Å²) in [4.78, 5) is 23.0. The molecule has 0 heterocycles. The van der Waals surface area contributed by atoms with Gasteiger partial charge in [-0.1, -0.05) is 23.2 Å². The molecular weight excluding hydrogens is 383 g/mol. The zero-order valence-corrected chi connectivity index (χ0v) is 15.6. The van der Waals surface area contributed by atoms with Gasteiger partial charge in [0.05, 0.1) is 35.8 Å². The molecule has 0 atom stereocenters. The number of ether oxygens (including phenoxy) is 2. The third-order valence-electron chi connectivity index (χ3n) is 3.64. The summed E-state index contributed by atoms with van der Waals surface area (Å²) in [5, 5.41) is 14.6. The second-order valence-corrected chi connectivity index (χ2v) is 6.07. The molecule has 0 aliphatic carbocycles. The van der Waals surface area contributed by atoms with Crippen molar-refractivity contribution in [2.45, 2.75) is 6.42 Å². The Kier molecular flexibility index (Phi) is 6.65. The number of nitro groups is 1. The van der Waals surface area contributed by atoms with Crippen molar-refractivity contribution in [3.8, 4) is 11.5 Å². The summed E-state index contributed by atoms with van der Waals surface area (Å²) >= 11 is 11.8. The number of rotatable bonds is 7. The van der Waals surface area contributed by atoms with E-state index in [1.165, 1.54) is 38.5 Å². The first kappa shape index (κ1) is 19.8. The fourth-order valence-electron chi connectivity index (χ4n) is 2.36. The molecule has 138 valence electrons. The summed E-state index contributed by atoms with van der Waals surface area (Å²) in [6.45, 7) is 0.175. The van der Waals surface area contributed by atoms with E-state index in [4.69, 9.17) is 32.7 Å². The molecule has 2 rings (SSSR count). The molecule has 0 radical (unpaired) electrons. The molecule has 0 aliphatic heterocycles. The minimum atomic E-state index is -0.505. The molecule has 1 N–H and O–H groups in total. The number of nitrogens with zero attached hydrogens (tertiary/aromatic N) is 1. The van der Waals surface area contributed by atoms with Crippen molar-refractivity contribution in [2.24, 2.45) is 0 Å². The van der Waals surface area contributed by atoms with Crippen molar-refractivity contribution in [2.75, 3.05) is 20.8 Å². The lowest BCUT2D eigenvalue weighted by molar-refractivity contribution is -0.385. The molecule has 0 saturated heterocycles. The van der Waals surface area contributed by atoms with E-state index < -0.39 is 10.8 Å². The van der Waals surface area contributed by atoms with Gasteiger partial charge in [0.15, 0.2) is 11.5 Å². The van der Waals surface area contributed by atoms with Crippen LogP contribution in [0.15, 0.2) is 30.3 Å². The van der Waals surface area contributed by atoms with Gasteiger partial charge in [0.2, 0.25) is 0 Å². The Bertz CT molecular complexity index is 842. The van der Waals surface area contributed by atoms with Gasteiger partial charge in [0.1, 0.15) is 0 Å². The van der Waals surface area contributed by atoms with Gasteiger partial charge < -0.3 is 14.8 Å². The largest absolute Gasteiger partial charge is 0.493 e. The zero-order valence-electron chi connectivity index (χ0n) is 14.0. The Morgan fingerprint density at radius 3 is 2.38 bits per heavy atom. The highest BCUT2D eigenvalue weighted by Crippen LogP contribution is 2.34. The third kappa shape index (κ3) is 4.56. The van der Waals surface area contributed by atoms with Gasteiger partial charge in [-0.25, -0.2) is 0 Å². The van der Waals surface area contributed by atoms with Crippen LogP contribution in [0.5, 0.6) is 11.5 Å². The molecule has 0 aromatic heterocycles. The van der Waals surface area contributed by atoms with Crippen LogP contribution in [0.25, 0.3) is 0 Å². The van der Waals surface area contributed by atoms with Crippen molar-refractivity contribution in [1.82, 2.24) is 5.32 Å². The van der Waals surface area contributed by atoms with Gasteiger partial charge in [-0.05, 0) is 30.7 Å². The lowest BCUT2D eigenvalue weighted by Gasteiger charge is -2.11. The number of amides is 1. The molecule has 9 heteroatoms. The Morgan fingerprint density at radius 1 is 1.15 bits per heavy atom. The van der Waals surface area contributed by atoms with Crippen LogP contribution in [0.3, 0.4) is 0 Å². The highest BCUT2D eigenvalue weighted by atomic mass is 35.5. The van der Waals surface area contributed by atoms with Gasteiger partial charge >= 0.3 is 0 Å². The van der Waals surface area contributed by atoms with Crippen LogP contribution in [-0.2, 0) is 6.42 Å². The lowest BCUT2D eigenvalue weighted by atomic mass is 10.1. The molecule has 1 amide bonds. The second kappa shape index (κ2) is 8.73. The average molecular weight is 399 g/mol. The number of hydrogen-bond acceptors (Lipinski definition) is 5. The summed E-state index contributed by atoms with van der Waals surface area (Å²) in [6.07, 6.45) is 0.230. The van der Waals surface area contributed by atoms with Crippen molar-refractivity contribution in [1.29, 1.82) is 0 Å². The molecule has 2 aromatic rings. The van der Waals surface area contributed by atoms with Crippen LogP contribution >= 0.6 is 23.2 Å². The van der Waals surface area contributed by atoms with Crippen LogP contribution in [0.1, 0.15) is 15.9 Å². The van der Waals surface area contributed by atoms with Gasteiger partial charge in [0.25, 0.3) is 11.6 Å². The van der Waals surface area contributed by atoms with Crippen molar-refractivity contribution in [3.05, 3.63) is 61.6 Å². The molecule has 7 nitrogen and oxygen atoms in total. The SMILES string of the molecule is COc1cc(CCNC(=O)c2ccc(Cl)cc2Cl)c([N+](=O)[O-])cc1OC. The van der Waals surface area contributed by atoms with E-state index in [2.05, 4.69) is 5.32 Å². The highest BCUT2D eigenvalue weighted by Gasteiger charge is 2.19. The molecule has 0 aliphatic rings. The molecule has 0 spiro atoms. The minimum Gasteiger partial charge on any atom is -0.493 e. The third-order valence-corrected chi connectivity index (χ3v) is 4.18. The molecule has 2 aromatic carbocycles. The molecule has 0 unspecified atom stereocenters. The quantitative estimate of drug-likeness (QED) is 0.564. The topological polar surface area (TPSA) is 90.7 Å². The van der Waals surface area contributed by atoms with Crippen LogP contribution < -0.4 is 14.8 Å². The first-order valence-electron chi connectivity index (χ1n) is 7.50. The van der Waals surface area contributed by atoms with Crippen molar-refractivity contribution < 1.29 is 19.2 Å². The summed E-state index contributed by atoms with van der Waals surface area (Å²) in [5.74, 6) is 0.245. The normalized spacial score (nSPS) is 10.3. The summed E-state index contributed by atoms with van der Waals surface area (Å²) in [6, 6.07) is 7.36. The maximum Gasteiger partial charge on any atom is 0.276 e. The fraction of sp³-hybridized carbons (Fsp3) is 0.235. The van der Waals surface area contributed by atoms with Crippen molar-refractivity contribution >= 4 is 34.8 Å². The Morgan fingerprint density at radius 2 is 1.81 bits per heavy atom. The summed E-state index contributed by atoms with van der Waals surface area (Å²) in [7, 11) is 2.84. The molecular formula is C17H16Cl2N2O5. The number of benzene rings is 2. The maximum atomic E-state index is 12.2. The van der Waals surface area contributed by atoms with E-state index in [1.54, 1.807) is 6.07 Å². The number of methoxy groups -OCH3 is 2. The predicted octanol–water partition coefficient (Wildman–Crippen LogP) is 3.89. The van der Waals surface area contributed by atoms with E-state index in [-0.39, 0.29) is 35.0 Å². The van der Waals surface area contributed by atoms with Crippen LogP contribution in [0, 0.1) is 10.1 Å². The standard InChI is InChI=1S/C17H16Cl2N2O5/c1-25-15-7-10(14(21(23)24)9-16(15)26-2)5-6-20-17(22)12-4-3-11(18)8-13(12)19/h3-4,7-9H,5-6H2,1-2H3,(H,20,22). The molecule has 26 heavy (non-hydrogen) atoms. The van der Waals surface area contributed by atoms with Crippen LogP contribution in [-0.4, -0.2) is 31.6 Å². The second-order valence-electron chi connectivity index (χ2n) is 5.22. The number of carbonyl (C=O) groups is 1. The van der Waals surface area contributed by atoms with E-state index in [1.807, 2.05) is 0 Å². The van der Waals surface area contributed by atoms with Crippen molar-refractivity contribution in [3.63, 3.8) is 0 Å². The lowest BCUT2D eigenvalue weighted by Crippen LogP contribution is -2.26. The van der Waals surface area contributed by atoms with E-state index >= 15 is 0 Å². The summed E-state index contributed by atoms with van der Waals surface area (Å²) in [5.41, 5.74) is 0.578. The van der Waals surface area contributed by atoms with E-state index in [0.717, 1.165) is 0 Å². The fourth-order valence-corrected chi connectivity index (χ4v) is 2.85. The molecule has 0 fully saturated rings. The minimum absolute atomic E-state index is 0.110. The average Bonchev–Trinajstić information content (AvgIpc) is 2.60. The predicted molar refractivity (Wildman–Crippen MR) is 98.7 cm³/mol. The van der Waals surface area contributed by atoms with Gasteiger partial charge in [-0.3, -0.25) is 14.9 Å². The van der Waals surface area contributed by atoms with Gasteiger partial charge in [0, 0.05) is 17.1 Å². The smallest absolute Gasteiger partial charge is 0.276 e. The van der Waals surface area contributed by atoms with Gasteiger partial charge in [-0.2, -0.15) is 0 Å². The number of nitrogens with one attached hydrogen (secondary N) is 1. The number of halogens is 2. The van der Waals surface area contributed by atoms with Crippen LogP contribution in [0.4, 0.5) is 5.69 Å². The number of nitro benzene ring substituents is 1. The first-order valence-corrected chi connectivity index (χ1v) is 8.25. The first-order chi connectivity index (χ1) is 12.4. The Hall–Kier alpha value is -2.51. The highest BCUT2D eigenvalue weighted by molar-refractivity contribution is 6.36. The Balaban J connectivity index is 2.13. The molecule has 0 saturated carbocycles. The summed E-state index contributed by atoms with van der Waals surface area (Å²) < 4.78 is 10.3. The van der Waals surface area contributed by atoms with E-state index in [0.29, 0.717) is 16.3 Å². The number of hydrogen-bond donors (Lipinski definition) is 1.